The van der Waals surface area contributed by atoms with Gasteiger partial charge in [-0.25, -0.2) is 4.39 Å². The molecule has 2 aromatic rings. The molecule has 0 atom stereocenters. The van der Waals surface area contributed by atoms with E-state index in [-0.39, 0.29) is 5.82 Å². The van der Waals surface area contributed by atoms with Gasteiger partial charge in [0.2, 0.25) is 0 Å². The van der Waals surface area contributed by atoms with E-state index in [0.717, 1.165) is 0 Å². The van der Waals surface area contributed by atoms with Crippen LogP contribution in [0, 0.1) is 5.82 Å². The molecule has 0 unspecified atom stereocenters. The smallest absolute Gasteiger partial charge is 0.147 e. The Morgan fingerprint density at radius 2 is 2.14 bits per heavy atom. The fourth-order valence-electron chi connectivity index (χ4n) is 1.35. The molecule has 72 valence electrons. The molecular formula is C10H9FN2O. The molecule has 2 N–H and O–H groups in total. The van der Waals surface area contributed by atoms with Crippen LogP contribution < -0.4 is 10.5 Å². The maximum absolute atomic E-state index is 13.1. The normalized spacial score (nSPS) is 10.4. The van der Waals surface area contributed by atoms with E-state index in [1.165, 1.54) is 25.4 Å². The van der Waals surface area contributed by atoms with Crippen LogP contribution >= 0.6 is 0 Å². The van der Waals surface area contributed by atoms with Crippen molar-refractivity contribution in [3.8, 4) is 5.75 Å². The van der Waals surface area contributed by atoms with E-state index in [4.69, 9.17) is 10.5 Å². The molecule has 0 aliphatic heterocycles. The molecule has 1 aromatic carbocycles. The van der Waals surface area contributed by atoms with Gasteiger partial charge in [0.05, 0.1) is 19.0 Å². The number of hydrogen-bond acceptors (Lipinski definition) is 3. The number of nitrogens with zero attached hydrogens (tertiary/aromatic N) is 1. The van der Waals surface area contributed by atoms with Crippen LogP contribution in [0.3, 0.4) is 0 Å². The Balaban J connectivity index is 2.81. The first-order chi connectivity index (χ1) is 6.70. The molecule has 0 amide bonds. The third-order valence-electron chi connectivity index (χ3n) is 1.95. The quantitative estimate of drug-likeness (QED) is 0.751. The van der Waals surface area contributed by atoms with Gasteiger partial charge < -0.3 is 10.5 Å². The summed E-state index contributed by atoms with van der Waals surface area (Å²) in [4.78, 5) is 4.08. The van der Waals surface area contributed by atoms with Crippen LogP contribution in [0.5, 0.6) is 5.75 Å². The zero-order valence-electron chi connectivity index (χ0n) is 7.62. The summed E-state index contributed by atoms with van der Waals surface area (Å²) in [5.41, 5.74) is 6.66. The Hall–Kier alpha value is -1.84. The second-order valence-corrected chi connectivity index (χ2v) is 2.95. The van der Waals surface area contributed by atoms with E-state index >= 15 is 0 Å². The van der Waals surface area contributed by atoms with Crippen LogP contribution in [0.25, 0.3) is 10.9 Å². The molecule has 0 aliphatic rings. The summed E-state index contributed by atoms with van der Waals surface area (Å²) in [6.45, 7) is 0. The van der Waals surface area contributed by atoms with Crippen molar-refractivity contribution in [1.29, 1.82) is 0 Å². The Bertz CT molecular complexity index is 480. The van der Waals surface area contributed by atoms with Gasteiger partial charge in [-0.3, -0.25) is 4.98 Å². The lowest BCUT2D eigenvalue weighted by atomic mass is 10.2. The van der Waals surface area contributed by atoms with Crippen molar-refractivity contribution in [1.82, 2.24) is 4.98 Å². The molecule has 0 saturated heterocycles. The van der Waals surface area contributed by atoms with Crippen molar-refractivity contribution in [3.05, 3.63) is 30.2 Å². The molecule has 0 aliphatic carbocycles. The van der Waals surface area contributed by atoms with Crippen molar-refractivity contribution in [2.45, 2.75) is 0 Å². The molecule has 0 spiro atoms. The molecule has 4 heteroatoms. The summed E-state index contributed by atoms with van der Waals surface area (Å²) in [6, 6.07) is 4.33. The van der Waals surface area contributed by atoms with Gasteiger partial charge in [-0.15, -0.1) is 0 Å². The average Bonchev–Trinajstić information content (AvgIpc) is 2.15. The second-order valence-electron chi connectivity index (χ2n) is 2.95. The first kappa shape index (κ1) is 8.74. The summed E-state index contributed by atoms with van der Waals surface area (Å²) in [5, 5.41) is 0.641. The molecule has 3 nitrogen and oxygen atoms in total. The van der Waals surface area contributed by atoms with Gasteiger partial charge >= 0.3 is 0 Å². The van der Waals surface area contributed by atoms with Crippen LogP contribution in [0.15, 0.2) is 24.4 Å². The minimum atomic E-state index is -0.359. The van der Waals surface area contributed by atoms with Crippen molar-refractivity contribution in [2.75, 3.05) is 12.8 Å². The van der Waals surface area contributed by atoms with Crippen molar-refractivity contribution in [3.63, 3.8) is 0 Å². The number of nitrogen functional groups attached to an aromatic ring is 1. The summed E-state index contributed by atoms with van der Waals surface area (Å²) in [6.07, 6.45) is 1.52. The Kier molecular flexibility index (Phi) is 1.96. The minimum absolute atomic E-state index is 0.359. The third-order valence-corrected chi connectivity index (χ3v) is 1.95. The van der Waals surface area contributed by atoms with E-state index in [9.17, 15) is 4.39 Å². The standard InChI is InChI=1S/C10H9FN2O/c1-14-9-4-7(11)2-6-3-8(12)5-13-10(6)9/h2-5H,12H2,1H3. The van der Waals surface area contributed by atoms with Gasteiger partial charge in [0.25, 0.3) is 0 Å². The number of rotatable bonds is 1. The van der Waals surface area contributed by atoms with Gasteiger partial charge in [0.1, 0.15) is 17.1 Å². The number of nitrogens with two attached hydrogens (primary N) is 1. The maximum atomic E-state index is 13.1. The van der Waals surface area contributed by atoms with Gasteiger partial charge in [-0.2, -0.15) is 0 Å². The second kappa shape index (κ2) is 3.14. The van der Waals surface area contributed by atoms with E-state index in [1.54, 1.807) is 6.07 Å². The predicted molar refractivity (Wildman–Crippen MR) is 52.7 cm³/mol. The average molecular weight is 192 g/mol. The van der Waals surface area contributed by atoms with E-state index < -0.39 is 0 Å². The number of benzene rings is 1. The Morgan fingerprint density at radius 3 is 2.86 bits per heavy atom. The molecule has 0 saturated carbocycles. The zero-order chi connectivity index (χ0) is 10.1. The molecule has 0 bridgehead atoms. The lowest BCUT2D eigenvalue weighted by Crippen LogP contribution is -1.92. The van der Waals surface area contributed by atoms with Gasteiger partial charge in [-0.1, -0.05) is 0 Å². The highest BCUT2D eigenvalue weighted by Gasteiger charge is 2.05. The monoisotopic (exact) mass is 192 g/mol. The highest BCUT2D eigenvalue weighted by atomic mass is 19.1. The van der Waals surface area contributed by atoms with E-state index in [0.29, 0.717) is 22.3 Å². The zero-order valence-corrected chi connectivity index (χ0v) is 7.62. The Morgan fingerprint density at radius 1 is 1.36 bits per heavy atom. The fraction of sp³-hybridized carbons (Fsp3) is 0.100. The van der Waals surface area contributed by atoms with Crippen LogP contribution in [0.4, 0.5) is 10.1 Å². The maximum Gasteiger partial charge on any atom is 0.147 e. The van der Waals surface area contributed by atoms with Gasteiger partial charge in [0.15, 0.2) is 0 Å². The molecule has 1 aromatic heterocycles. The van der Waals surface area contributed by atoms with Crippen LogP contribution in [0.2, 0.25) is 0 Å². The summed E-state index contributed by atoms with van der Waals surface area (Å²) >= 11 is 0. The van der Waals surface area contributed by atoms with Gasteiger partial charge in [0, 0.05) is 11.5 Å². The molecular weight excluding hydrogens is 183 g/mol. The topological polar surface area (TPSA) is 48.1 Å². The molecule has 0 radical (unpaired) electrons. The lowest BCUT2D eigenvalue weighted by Gasteiger charge is -2.05. The van der Waals surface area contributed by atoms with Crippen LogP contribution in [0.1, 0.15) is 0 Å². The molecule has 14 heavy (non-hydrogen) atoms. The fourth-order valence-corrected chi connectivity index (χ4v) is 1.35. The first-order valence-corrected chi connectivity index (χ1v) is 4.09. The number of aromatic nitrogens is 1. The number of ether oxygens (including phenoxy) is 1. The predicted octanol–water partition coefficient (Wildman–Crippen LogP) is 1.96. The number of methoxy groups -OCH3 is 1. The molecule has 1 heterocycles. The van der Waals surface area contributed by atoms with Crippen molar-refractivity contribution < 1.29 is 9.13 Å². The number of hydrogen-bond donors (Lipinski definition) is 1. The molecule has 0 fully saturated rings. The lowest BCUT2D eigenvalue weighted by molar-refractivity contribution is 0.415. The summed E-state index contributed by atoms with van der Waals surface area (Å²) in [7, 11) is 1.48. The van der Waals surface area contributed by atoms with E-state index in [2.05, 4.69) is 4.98 Å². The highest BCUT2D eigenvalue weighted by Crippen LogP contribution is 2.25. The Labute approximate surface area is 80.3 Å². The van der Waals surface area contributed by atoms with Gasteiger partial charge in [-0.05, 0) is 12.1 Å². The minimum Gasteiger partial charge on any atom is -0.494 e. The molecule has 2 rings (SSSR count). The van der Waals surface area contributed by atoms with E-state index in [1.807, 2.05) is 0 Å². The SMILES string of the molecule is COc1cc(F)cc2cc(N)cnc12. The van der Waals surface area contributed by atoms with Crippen LogP contribution in [-0.2, 0) is 0 Å². The summed E-state index contributed by atoms with van der Waals surface area (Å²) < 4.78 is 18.1. The van der Waals surface area contributed by atoms with Crippen LogP contribution in [-0.4, -0.2) is 12.1 Å². The number of halogens is 1. The largest absolute Gasteiger partial charge is 0.494 e. The van der Waals surface area contributed by atoms with Crippen molar-refractivity contribution >= 4 is 16.6 Å². The first-order valence-electron chi connectivity index (χ1n) is 4.09. The number of pyridine rings is 1. The number of anilines is 1. The highest BCUT2D eigenvalue weighted by molar-refractivity contribution is 5.86. The summed E-state index contributed by atoms with van der Waals surface area (Å²) in [5.74, 6) is 0.0572. The number of fused-ring (bicyclic) bond motifs is 1. The van der Waals surface area contributed by atoms with Crippen molar-refractivity contribution in [2.24, 2.45) is 0 Å². The third kappa shape index (κ3) is 1.35.